The number of hydrogen-bond acceptors (Lipinski definition) is 5. The van der Waals surface area contributed by atoms with Crippen LogP contribution in [0.25, 0.3) is 0 Å². The van der Waals surface area contributed by atoms with Gasteiger partial charge in [-0.2, -0.15) is 13.2 Å². The minimum absolute atomic E-state index is 0.0539. The number of amides is 2. The minimum atomic E-state index is -5.02. The Balaban J connectivity index is 1.42. The van der Waals surface area contributed by atoms with Crippen molar-refractivity contribution in [3.05, 3.63) is 101 Å². The highest BCUT2D eigenvalue weighted by atomic mass is 19.4. The highest BCUT2D eigenvalue weighted by Gasteiger charge is 2.64. The van der Waals surface area contributed by atoms with E-state index in [4.69, 9.17) is 14.2 Å². The molecule has 2 saturated heterocycles. The Morgan fingerprint density at radius 2 is 1.63 bits per heavy atom. The molecule has 2 fully saturated rings. The highest BCUT2D eigenvalue weighted by molar-refractivity contribution is 5.88. The summed E-state index contributed by atoms with van der Waals surface area (Å²) >= 11 is 0. The Morgan fingerprint density at radius 1 is 1.00 bits per heavy atom. The van der Waals surface area contributed by atoms with Crippen molar-refractivity contribution in [2.75, 3.05) is 26.7 Å². The standard InChI is InChI=1S/C33H35F3N2O5/c1-22-17-23(2)19-25(18-22)32(41-3,33(34,35)36)29(39)38-15-13-31(14-16-38)27(20-37-30(40)43-31)26-11-7-8-12-28(26)42-21-24-9-5-4-6-10-24/h4-12,17-19,27H,13-16,20-21H2,1-3H3,(H,37,40)/t27-,32-/m1/s1. The van der Waals surface area contributed by atoms with E-state index in [9.17, 15) is 22.8 Å². The van der Waals surface area contributed by atoms with E-state index in [-0.39, 0.29) is 44.0 Å². The smallest absolute Gasteiger partial charge is 0.430 e. The van der Waals surface area contributed by atoms with E-state index >= 15 is 0 Å². The van der Waals surface area contributed by atoms with Crippen LogP contribution in [0.3, 0.4) is 0 Å². The molecule has 1 spiro atoms. The number of alkyl carbamates (subject to hydrolysis) is 1. The fourth-order valence-electron chi connectivity index (χ4n) is 6.36. The number of rotatable bonds is 7. The van der Waals surface area contributed by atoms with E-state index in [1.807, 2.05) is 54.6 Å². The van der Waals surface area contributed by atoms with Crippen molar-refractivity contribution in [1.29, 1.82) is 0 Å². The summed E-state index contributed by atoms with van der Waals surface area (Å²) in [6.07, 6.45) is -5.33. The Bertz CT molecular complexity index is 1450. The van der Waals surface area contributed by atoms with Gasteiger partial charge in [-0.15, -0.1) is 0 Å². The number of hydrogen-bond donors (Lipinski definition) is 1. The molecule has 5 rings (SSSR count). The van der Waals surface area contributed by atoms with Crippen molar-refractivity contribution in [1.82, 2.24) is 10.2 Å². The van der Waals surface area contributed by atoms with E-state index in [0.29, 0.717) is 23.5 Å². The van der Waals surface area contributed by atoms with Crippen LogP contribution in [0.1, 0.15) is 46.6 Å². The Kier molecular flexibility index (Phi) is 8.42. The summed E-state index contributed by atoms with van der Waals surface area (Å²) < 4.78 is 61.6. The van der Waals surface area contributed by atoms with Crippen LogP contribution >= 0.6 is 0 Å². The summed E-state index contributed by atoms with van der Waals surface area (Å²) in [7, 11) is 0.908. The van der Waals surface area contributed by atoms with Crippen molar-refractivity contribution < 1.29 is 37.0 Å². The van der Waals surface area contributed by atoms with Gasteiger partial charge in [-0.25, -0.2) is 4.79 Å². The lowest BCUT2D eigenvalue weighted by Gasteiger charge is -2.49. The first-order valence-electron chi connectivity index (χ1n) is 14.2. The highest BCUT2D eigenvalue weighted by Crippen LogP contribution is 2.48. The van der Waals surface area contributed by atoms with Gasteiger partial charge in [0.2, 0.25) is 0 Å². The molecule has 0 bridgehead atoms. The number of carbonyl (C=O) groups is 2. The van der Waals surface area contributed by atoms with Crippen molar-refractivity contribution in [3.63, 3.8) is 0 Å². The number of piperidine rings is 1. The molecule has 0 saturated carbocycles. The Labute approximate surface area is 248 Å². The zero-order valence-corrected chi connectivity index (χ0v) is 24.4. The van der Waals surface area contributed by atoms with E-state index in [1.54, 1.807) is 19.9 Å². The van der Waals surface area contributed by atoms with Gasteiger partial charge in [-0.3, -0.25) is 4.79 Å². The van der Waals surface area contributed by atoms with Crippen LogP contribution in [0, 0.1) is 13.8 Å². The third-order valence-electron chi connectivity index (χ3n) is 8.44. The molecule has 2 aliphatic heterocycles. The molecule has 2 aliphatic rings. The number of nitrogens with zero attached hydrogens (tertiary/aromatic N) is 1. The predicted molar refractivity (Wildman–Crippen MR) is 154 cm³/mol. The maximum Gasteiger partial charge on any atom is 0.430 e. The van der Waals surface area contributed by atoms with Gasteiger partial charge >= 0.3 is 12.3 Å². The summed E-state index contributed by atoms with van der Waals surface area (Å²) in [6.45, 7) is 3.84. The molecule has 43 heavy (non-hydrogen) atoms. The van der Waals surface area contributed by atoms with Gasteiger partial charge in [0.15, 0.2) is 0 Å². The molecular formula is C33H35F3N2O5. The van der Waals surface area contributed by atoms with Crippen LogP contribution in [0.5, 0.6) is 5.75 Å². The third-order valence-corrected chi connectivity index (χ3v) is 8.44. The number of methoxy groups -OCH3 is 1. The summed E-state index contributed by atoms with van der Waals surface area (Å²) in [5.74, 6) is -0.923. The second-order valence-electron chi connectivity index (χ2n) is 11.3. The summed E-state index contributed by atoms with van der Waals surface area (Å²) in [5.41, 5.74) is -1.50. The number of aryl methyl sites for hydroxylation is 2. The molecule has 0 radical (unpaired) electrons. The van der Waals surface area contributed by atoms with Crippen molar-refractivity contribution >= 4 is 12.0 Å². The first kappa shape index (κ1) is 30.4. The molecule has 10 heteroatoms. The van der Waals surface area contributed by atoms with Crippen molar-refractivity contribution in [2.24, 2.45) is 0 Å². The van der Waals surface area contributed by atoms with Crippen molar-refractivity contribution in [2.45, 2.75) is 56.6 Å². The number of halogens is 3. The molecule has 2 heterocycles. The van der Waals surface area contributed by atoms with Crippen molar-refractivity contribution in [3.8, 4) is 5.75 Å². The molecule has 0 aromatic heterocycles. The van der Waals surface area contributed by atoms with Crippen LogP contribution < -0.4 is 10.1 Å². The SMILES string of the molecule is CO[C@@](C(=O)N1CCC2(CC1)OC(=O)NC[C@@H]2c1ccccc1OCc1ccccc1)(c1cc(C)cc(C)c1)C(F)(F)F. The number of likely N-dealkylation sites (tertiary alicyclic amines) is 1. The number of para-hydroxylation sites is 1. The maximum atomic E-state index is 14.8. The molecule has 2 amide bonds. The molecule has 7 nitrogen and oxygen atoms in total. The molecular weight excluding hydrogens is 561 g/mol. The van der Waals surface area contributed by atoms with E-state index in [0.717, 1.165) is 18.2 Å². The van der Waals surface area contributed by atoms with E-state index in [1.165, 1.54) is 17.0 Å². The number of benzene rings is 3. The Morgan fingerprint density at radius 3 is 2.26 bits per heavy atom. The zero-order chi connectivity index (χ0) is 30.8. The van der Waals surface area contributed by atoms with Crippen LogP contribution in [-0.2, 0) is 26.5 Å². The summed E-state index contributed by atoms with van der Waals surface area (Å²) in [6, 6.07) is 21.6. The number of carbonyl (C=O) groups excluding carboxylic acids is 2. The summed E-state index contributed by atoms with van der Waals surface area (Å²) in [4.78, 5) is 27.5. The average Bonchev–Trinajstić information content (AvgIpc) is 2.97. The molecule has 3 aromatic carbocycles. The second-order valence-corrected chi connectivity index (χ2v) is 11.3. The van der Waals surface area contributed by atoms with Crippen LogP contribution in [-0.4, -0.2) is 55.4 Å². The van der Waals surface area contributed by atoms with Gasteiger partial charge in [0.1, 0.15) is 18.0 Å². The largest absolute Gasteiger partial charge is 0.489 e. The minimum Gasteiger partial charge on any atom is -0.489 e. The third kappa shape index (κ3) is 5.80. The normalized spacial score (nSPS) is 19.7. The Hall–Kier alpha value is -4.05. The van der Waals surface area contributed by atoms with E-state index < -0.39 is 29.4 Å². The van der Waals surface area contributed by atoms with Gasteiger partial charge in [0.05, 0.1) is 0 Å². The van der Waals surface area contributed by atoms with Crippen LogP contribution in [0.15, 0.2) is 72.8 Å². The predicted octanol–water partition coefficient (Wildman–Crippen LogP) is 6.17. The average molecular weight is 597 g/mol. The first-order chi connectivity index (χ1) is 20.5. The molecule has 1 N–H and O–H groups in total. The van der Waals surface area contributed by atoms with Crippen LogP contribution in [0.4, 0.5) is 18.0 Å². The summed E-state index contributed by atoms with van der Waals surface area (Å²) in [5, 5.41) is 2.76. The number of alkyl halides is 3. The van der Waals surface area contributed by atoms with E-state index in [2.05, 4.69) is 5.32 Å². The van der Waals surface area contributed by atoms with Gasteiger partial charge in [0.25, 0.3) is 11.5 Å². The van der Waals surface area contributed by atoms with Gasteiger partial charge in [-0.1, -0.05) is 77.9 Å². The molecule has 228 valence electrons. The maximum absolute atomic E-state index is 14.8. The quantitative estimate of drug-likeness (QED) is 0.353. The van der Waals surface area contributed by atoms with Crippen LogP contribution in [0.2, 0.25) is 0 Å². The second kappa shape index (κ2) is 11.9. The fourth-order valence-corrected chi connectivity index (χ4v) is 6.36. The molecule has 0 aliphatic carbocycles. The van der Waals surface area contributed by atoms with Gasteiger partial charge in [-0.05, 0) is 25.5 Å². The van der Waals surface area contributed by atoms with Gasteiger partial charge in [0, 0.05) is 56.6 Å². The monoisotopic (exact) mass is 596 g/mol. The number of ether oxygens (including phenoxy) is 3. The molecule has 3 aromatic rings. The number of nitrogens with one attached hydrogen (secondary N) is 1. The lowest BCUT2D eigenvalue weighted by molar-refractivity contribution is -0.271. The first-order valence-corrected chi connectivity index (χ1v) is 14.2. The zero-order valence-electron chi connectivity index (χ0n) is 24.4. The fraction of sp³-hybridized carbons (Fsp3) is 0.394. The molecule has 2 atom stereocenters. The molecule has 0 unspecified atom stereocenters. The topological polar surface area (TPSA) is 77.1 Å². The lowest BCUT2D eigenvalue weighted by Crippen LogP contribution is -2.62. The lowest BCUT2D eigenvalue weighted by atomic mass is 9.74. The van der Waals surface area contributed by atoms with Gasteiger partial charge < -0.3 is 24.4 Å².